The second kappa shape index (κ2) is 6.55. The average molecular weight is 297 g/mol. The zero-order chi connectivity index (χ0) is 14.6. The number of hydrogen-bond acceptors (Lipinski definition) is 3. The summed E-state index contributed by atoms with van der Waals surface area (Å²) >= 11 is 6.09. The number of benzene rings is 1. The summed E-state index contributed by atoms with van der Waals surface area (Å²) in [6, 6.07) is 4.82. The maximum Gasteiger partial charge on any atom is 0.275 e. The molecule has 1 aliphatic rings. The summed E-state index contributed by atoms with van der Waals surface area (Å²) in [5.74, 6) is 0. The van der Waals surface area contributed by atoms with Crippen LogP contribution in [0.25, 0.3) is 0 Å². The van der Waals surface area contributed by atoms with Crippen molar-refractivity contribution < 1.29 is 4.92 Å². The van der Waals surface area contributed by atoms with Crippen molar-refractivity contribution >= 4 is 17.3 Å². The molecule has 20 heavy (non-hydrogen) atoms. The summed E-state index contributed by atoms with van der Waals surface area (Å²) in [4.78, 5) is 10.7. The molecule has 1 aromatic rings. The van der Waals surface area contributed by atoms with Crippen LogP contribution in [0.15, 0.2) is 18.2 Å². The molecule has 1 fully saturated rings. The third kappa shape index (κ3) is 3.70. The van der Waals surface area contributed by atoms with Crippen molar-refractivity contribution in [2.24, 2.45) is 5.41 Å². The molecule has 4 nitrogen and oxygen atoms in total. The fourth-order valence-corrected chi connectivity index (χ4v) is 3.20. The number of nitro groups is 1. The molecule has 1 aliphatic carbocycles. The number of rotatable bonds is 5. The Morgan fingerprint density at radius 2 is 2.05 bits per heavy atom. The lowest BCUT2D eigenvalue weighted by Gasteiger charge is -2.33. The molecule has 1 saturated carbocycles. The van der Waals surface area contributed by atoms with Crippen LogP contribution < -0.4 is 5.32 Å². The van der Waals surface area contributed by atoms with Crippen LogP contribution in [0.4, 0.5) is 5.69 Å². The Morgan fingerprint density at radius 1 is 1.35 bits per heavy atom. The maximum atomic E-state index is 11.0. The Bertz CT molecular complexity index is 485. The summed E-state index contributed by atoms with van der Waals surface area (Å²) in [7, 11) is 0. The van der Waals surface area contributed by atoms with Gasteiger partial charge in [0.15, 0.2) is 0 Å². The van der Waals surface area contributed by atoms with Gasteiger partial charge in [0.2, 0.25) is 0 Å². The van der Waals surface area contributed by atoms with Gasteiger partial charge >= 0.3 is 0 Å². The van der Waals surface area contributed by atoms with Gasteiger partial charge in [-0.15, -0.1) is 0 Å². The Morgan fingerprint density at radius 3 is 2.70 bits per heavy atom. The van der Waals surface area contributed by atoms with Crippen LogP contribution in [-0.2, 0) is 6.54 Å². The van der Waals surface area contributed by atoms with Gasteiger partial charge in [-0.25, -0.2) is 0 Å². The second-order valence-corrected chi connectivity index (χ2v) is 6.38. The number of hydrogen-bond donors (Lipinski definition) is 1. The smallest absolute Gasteiger partial charge is 0.275 e. The number of nitro benzene ring substituents is 1. The third-order valence-corrected chi connectivity index (χ3v) is 4.56. The van der Waals surface area contributed by atoms with Crippen LogP contribution in [0.3, 0.4) is 0 Å². The first kappa shape index (κ1) is 15.3. The minimum Gasteiger partial charge on any atom is -0.312 e. The summed E-state index contributed by atoms with van der Waals surface area (Å²) in [5, 5.41) is 14.8. The van der Waals surface area contributed by atoms with E-state index in [2.05, 4.69) is 12.2 Å². The second-order valence-electron chi connectivity index (χ2n) is 5.97. The Hall–Kier alpha value is -1.13. The van der Waals surface area contributed by atoms with E-state index in [1.54, 1.807) is 12.1 Å². The van der Waals surface area contributed by atoms with Gasteiger partial charge in [-0.3, -0.25) is 10.1 Å². The zero-order valence-corrected chi connectivity index (χ0v) is 12.6. The molecule has 110 valence electrons. The number of nitrogens with zero attached hydrogens (tertiary/aromatic N) is 1. The molecule has 1 aromatic carbocycles. The van der Waals surface area contributed by atoms with E-state index in [9.17, 15) is 10.1 Å². The highest BCUT2D eigenvalue weighted by Crippen LogP contribution is 2.35. The highest BCUT2D eigenvalue weighted by atomic mass is 35.5. The van der Waals surface area contributed by atoms with E-state index in [0.717, 1.165) is 6.54 Å². The molecule has 5 heteroatoms. The van der Waals surface area contributed by atoms with Crippen LogP contribution in [0.2, 0.25) is 5.02 Å². The Balaban J connectivity index is 1.99. The summed E-state index contributed by atoms with van der Waals surface area (Å²) in [6.45, 7) is 3.63. The summed E-state index contributed by atoms with van der Waals surface area (Å²) in [6.07, 6.45) is 6.34. The largest absolute Gasteiger partial charge is 0.312 e. The molecule has 0 heterocycles. The molecule has 0 aromatic heterocycles. The highest BCUT2D eigenvalue weighted by Gasteiger charge is 2.26. The first-order valence-corrected chi connectivity index (χ1v) is 7.52. The Kier molecular flexibility index (Phi) is 5.00. The van der Waals surface area contributed by atoms with E-state index in [0.29, 0.717) is 22.5 Å². The van der Waals surface area contributed by atoms with E-state index >= 15 is 0 Å². The van der Waals surface area contributed by atoms with Gasteiger partial charge in [0.25, 0.3) is 5.69 Å². The fourth-order valence-electron chi connectivity index (χ4n) is 2.96. The van der Waals surface area contributed by atoms with Crippen LogP contribution in [-0.4, -0.2) is 11.5 Å². The molecule has 0 spiro atoms. The van der Waals surface area contributed by atoms with Crippen molar-refractivity contribution in [1.82, 2.24) is 5.32 Å². The molecule has 0 aliphatic heterocycles. The van der Waals surface area contributed by atoms with Crippen LogP contribution in [0.1, 0.15) is 44.6 Å². The van der Waals surface area contributed by atoms with Crippen LogP contribution in [0.5, 0.6) is 0 Å². The monoisotopic (exact) mass is 296 g/mol. The lowest BCUT2D eigenvalue weighted by atomic mass is 9.76. The van der Waals surface area contributed by atoms with Gasteiger partial charge in [-0.2, -0.15) is 0 Å². The van der Waals surface area contributed by atoms with Crippen molar-refractivity contribution in [2.75, 3.05) is 6.54 Å². The minimum absolute atomic E-state index is 0.0961. The number of nitrogens with one attached hydrogen (secondary N) is 1. The van der Waals surface area contributed by atoms with E-state index in [1.807, 2.05) is 0 Å². The van der Waals surface area contributed by atoms with Gasteiger partial charge in [-0.1, -0.05) is 43.9 Å². The standard InChI is InChI=1S/C15H21ClN2O2/c1-15(8-3-2-4-9-15)11-17-10-12-13(16)6-5-7-14(12)18(19)20/h5-7,17H,2-4,8-11H2,1H3. The third-order valence-electron chi connectivity index (χ3n) is 4.21. The first-order valence-electron chi connectivity index (χ1n) is 7.14. The van der Waals surface area contributed by atoms with E-state index in [4.69, 9.17) is 11.6 Å². The highest BCUT2D eigenvalue weighted by molar-refractivity contribution is 6.31. The van der Waals surface area contributed by atoms with Crippen LogP contribution >= 0.6 is 11.6 Å². The zero-order valence-electron chi connectivity index (χ0n) is 11.8. The molecular formula is C15H21ClN2O2. The Labute approximate surface area is 124 Å². The van der Waals surface area contributed by atoms with Gasteiger partial charge in [0.1, 0.15) is 0 Å². The average Bonchev–Trinajstić information content (AvgIpc) is 2.41. The molecule has 0 saturated heterocycles. The first-order chi connectivity index (χ1) is 9.52. The molecule has 2 rings (SSSR count). The lowest BCUT2D eigenvalue weighted by molar-refractivity contribution is -0.385. The molecule has 0 bridgehead atoms. The summed E-state index contributed by atoms with van der Waals surface area (Å²) < 4.78 is 0. The summed E-state index contributed by atoms with van der Waals surface area (Å²) in [5.41, 5.74) is 0.992. The molecule has 0 amide bonds. The predicted octanol–water partition coefficient (Wildman–Crippen LogP) is 4.31. The van der Waals surface area contributed by atoms with Crippen LogP contribution in [0, 0.1) is 15.5 Å². The predicted molar refractivity (Wildman–Crippen MR) is 81.0 cm³/mol. The van der Waals surface area contributed by atoms with Crippen molar-refractivity contribution in [3.05, 3.63) is 38.9 Å². The van der Waals surface area contributed by atoms with Gasteiger partial charge in [-0.05, 0) is 24.3 Å². The molecule has 0 unspecified atom stereocenters. The lowest BCUT2D eigenvalue weighted by Crippen LogP contribution is -2.33. The van der Waals surface area contributed by atoms with E-state index in [1.165, 1.54) is 38.2 Å². The van der Waals surface area contributed by atoms with Crippen molar-refractivity contribution in [1.29, 1.82) is 0 Å². The van der Waals surface area contributed by atoms with Crippen molar-refractivity contribution in [3.63, 3.8) is 0 Å². The van der Waals surface area contributed by atoms with Gasteiger partial charge in [0, 0.05) is 19.2 Å². The van der Waals surface area contributed by atoms with Gasteiger partial charge in [0.05, 0.1) is 15.5 Å². The van der Waals surface area contributed by atoms with E-state index < -0.39 is 0 Å². The van der Waals surface area contributed by atoms with Gasteiger partial charge < -0.3 is 5.32 Å². The quantitative estimate of drug-likeness (QED) is 0.651. The molecule has 1 N–H and O–H groups in total. The fraction of sp³-hybridized carbons (Fsp3) is 0.600. The van der Waals surface area contributed by atoms with Crippen molar-refractivity contribution in [2.45, 2.75) is 45.6 Å². The van der Waals surface area contributed by atoms with Crippen molar-refractivity contribution in [3.8, 4) is 0 Å². The molecular weight excluding hydrogens is 276 g/mol. The minimum atomic E-state index is -0.370. The normalized spacial score (nSPS) is 17.9. The number of halogens is 1. The molecule has 0 radical (unpaired) electrons. The topological polar surface area (TPSA) is 55.2 Å². The maximum absolute atomic E-state index is 11.0. The SMILES string of the molecule is CC1(CNCc2c(Cl)cccc2[N+](=O)[O-])CCCCC1. The van der Waals surface area contributed by atoms with E-state index in [-0.39, 0.29) is 10.6 Å². The molecule has 0 atom stereocenters.